The Bertz CT molecular complexity index is 1190. The lowest BCUT2D eigenvalue weighted by atomic mass is 10.0. The number of fused-ring (bicyclic) bond motifs is 1. The second kappa shape index (κ2) is 12.7. The van der Waals surface area contributed by atoms with Crippen LogP contribution >= 0.6 is 0 Å². The lowest BCUT2D eigenvalue weighted by Crippen LogP contribution is -2.36. The number of nitrogens with zero attached hydrogens (tertiary/aromatic N) is 4. The Labute approximate surface area is 219 Å². The fourth-order valence-corrected chi connectivity index (χ4v) is 4.97. The zero-order valence-electron chi connectivity index (χ0n) is 22.3. The van der Waals surface area contributed by atoms with Gasteiger partial charge in [-0.1, -0.05) is 62.9 Å². The highest BCUT2D eigenvalue weighted by Crippen LogP contribution is 2.29. The molecule has 0 spiro atoms. The summed E-state index contributed by atoms with van der Waals surface area (Å²) in [7, 11) is 0. The van der Waals surface area contributed by atoms with Gasteiger partial charge < -0.3 is 14.3 Å². The van der Waals surface area contributed by atoms with Crippen LogP contribution in [0, 0.1) is 12.8 Å². The van der Waals surface area contributed by atoms with Crippen LogP contribution in [0.5, 0.6) is 0 Å². The highest BCUT2D eigenvalue weighted by molar-refractivity contribution is 6.01. The van der Waals surface area contributed by atoms with Gasteiger partial charge in [0.2, 0.25) is 5.91 Å². The molecule has 0 fully saturated rings. The standard InChI is InChI=1S/C30H38N4O3/c1-22(2)20-27(35)34-19-11-7-5-4-6-10-18-33(21-25-12-8-9-13-26(25)34)30(36)28-23(3)37-32-29(28)24-14-16-31-17-15-24/h8-9,12-17,22H,4-7,10-11,18-21H2,1-3H3. The third-order valence-corrected chi connectivity index (χ3v) is 6.90. The molecule has 1 aromatic carbocycles. The third kappa shape index (κ3) is 6.64. The van der Waals surface area contributed by atoms with E-state index in [0.29, 0.717) is 43.1 Å². The number of rotatable bonds is 4. The van der Waals surface area contributed by atoms with Gasteiger partial charge in [0.15, 0.2) is 0 Å². The van der Waals surface area contributed by atoms with E-state index in [1.165, 1.54) is 0 Å². The largest absolute Gasteiger partial charge is 0.360 e. The predicted octanol–water partition coefficient (Wildman–Crippen LogP) is 6.42. The van der Waals surface area contributed by atoms with Crippen molar-refractivity contribution in [1.29, 1.82) is 0 Å². The van der Waals surface area contributed by atoms with Crippen molar-refractivity contribution in [2.24, 2.45) is 5.92 Å². The van der Waals surface area contributed by atoms with Crippen LogP contribution in [-0.4, -0.2) is 39.9 Å². The normalized spacial score (nSPS) is 15.5. The first kappa shape index (κ1) is 26.6. The van der Waals surface area contributed by atoms with Crippen LogP contribution in [0.3, 0.4) is 0 Å². The maximum Gasteiger partial charge on any atom is 0.260 e. The summed E-state index contributed by atoms with van der Waals surface area (Å²) in [5.41, 5.74) is 3.70. The van der Waals surface area contributed by atoms with Crippen LogP contribution in [0.2, 0.25) is 0 Å². The number of aromatic nitrogens is 2. The average Bonchev–Trinajstić information content (AvgIpc) is 3.28. The monoisotopic (exact) mass is 502 g/mol. The Balaban J connectivity index is 1.70. The van der Waals surface area contributed by atoms with E-state index in [1.807, 2.05) is 46.2 Å². The number of benzene rings is 1. The van der Waals surface area contributed by atoms with Gasteiger partial charge in [0, 0.05) is 49.7 Å². The summed E-state index contributed by atoms with van der Waals surface area (Å²) in [5.74, 6) is 0.826. The minimum atomic E-state index is -0.102. The molecule has 7 nitrogen and oxygen atoms in total. The van der Waals surface area contributed by atoms with Gasteiger partial charge >= 0.3 is 0 Å². The summed E-state index contributed by atoms with van der Waals surface area (Å²) in [6.45, 7) is 7.69. The number of aryl methyl sites for hydroxylation is 1. The minimum absolute atomic E-state index is 0.102. The summed E-state index contributed by atoms with van der Waals surface area (Å²) in [4.78, 5) is 35.3. The number of hydrogen-bond acceptors (Lipinski definition) is 5. The molecule has 196 valence electrons. The maximum absolute atomic E-state index is 14.1. The highest BCUT2D eigenvalue weighted by Gasteiger charge is 2.28. The second-order valence-corrected chi connectivity index (χ2v) is 10.3. The topological polar surface area (TPSA) is 79.5 Å². The smallest absolute Gasteiger partial charge is 0.260 e. The van der Waals surface area contributed by atoms with Crippen molar-refractivity contribution in [2.75, 3.05) is 18.0 Å². The van der Waals surface area contributed by atoms with Gasteiger partial charge in [-0.2, -0.15) is 0 Å². The van der Waals surface area contributed by atoms with E-state index in [-0.39, 0.29) is 17.7 Å². The first-order valence-electron chi connectivity index (χ1n) is 13.5. The van der Waals surface area contributed by atoms with E-state index in [4.69, 9.17) is 4.52 Å². The Morgan fingerprint density at radius 1 is 0.946 bits per heavy atom. The van der Waals surface area contributed by atoms with E-state index < -0.39 is 0 Å². The van der Waals surface area contributed by atoms with E-state index in [1.54, 1.807) is 19.3 Å². The molecule has 0 unspecified atom stereocenters. The number of carbonyl (C=O) groups is 2. The number of para-hydroxylation sites is 1. The zero-order valence-corrected chi connectivity index (χ0v) is 22.3. The summed E-state index contributed by atoms with van der Waals surface area (Å²) < 4.78 is 5.50. The lowest BCUT2D eigenvalue weighted by Gasteiger charge is -2.29. The molecule has 0 saturated heterocycles. The van der Waals surface area contributed by atoms with Crippen LogP contribution in [0.25, 0.3) is 11.3 Å². The molecule has 0 bridgehead atoms. The summed E-state index contributed by atoms with van der Waals surface area (Å²) in [6.07, 6.45) is 10.2. The molecular weight excluding hydrogens is 464 g/mol. The van der Waals surface area contributed by atoms with Crippen LogP contribution in [-0.2, 0) is 11.3 Å². The first-order valence-corrected chi connectivity index (χ1v) is 13.5. The molecule has 0 saturated carbocycles. The zero-order chi connectivity index (χ0) is 26.2. The molecule has 3 aromatic rings. The number of amides is 2. The average molecular weight is 503 g/mol. The van der Waals surface area contributed by atoms with Crippen LogP contribution < -0.4 is 4.90 Å². The van der Waals surface area contributed by atoms with Gasteiger partial charge in [-0.05, 0) is 49.4 Å². The van der Waals surface area contributed by atoms with Crippen molar-refractivity contribution in [1.82, 2.24) is 15.0 Å². The molecule has 4 rings (SSSR count). The minimum Gasteiger partial charge on any atom is -0.360 e. The quantitative estimate of drug-likeness (QED) is 0.411. The third-order valence-electron chi connectivity index (χ3n) is 6.90. The molecule has 37 heavy (non-hydrogen) atoms. The van der Waals surface area contributed by atoms with Crippen molar-refractivity contribution in [3.8, 4) is 11.3 Å². The number of carbonyl (C=O) groups excluding carboxylic acids is 2. The fraction of sp³-hybridized carbons (Fsp3) is 0.467. The number of hydrogen-bond donors (Lipinski definition) is 0. The molecule has 7 heteroatoms. The molecule has 1 aliphatic heterocycles. The molecule has 0 aliphatic carbocycles. The van der Waals surface area contributed by atoms with Crippen LogP contribution in [0.4, 0.5) is 5.69 Å². The van der Waals surface area contributed by atoms with Crippen molar-refractivity contribution >= 4 is 17.5 Å². The molecule has 1 aliphatic rings. The second-order valence-electron chi connectivity index (χ2n) is 10.3. The van der Waals surface area contributed by atoms with E-state index in [0.717, 1.165) is 55.3 Å². The molecule has 0 N–H and O–H groups in total. The lowest BCUT2D eigenvalue weighted by molar-refractivity contribution is -0.119. The van der Waals surface area contributed by atoms with Crippen molar-refractivity contribution in [3.05, 3.63) is 65.7 Å². The molecule has 2 amide bonds. The van der Waals surface area contributed by atoms with Crippen molar-refractivity contribution in [3.63, 3.8) is 0 Å². The van der Waals surface area contributed by atoms with E-state index in [9.17, 15) is 9.59 Å². The van der Waals surface area contributed by atoms with Gasteiger partial charge in [0.05, 0.1) is 0 Å². The van der Waals surface area contributed by atoms with Gasteiger partial charge in [-0.3, -0.25) is 14.6 Å². The van der Waals surface area contributed by atoms with E-state index in [2.05, 4.69) is 24.0 Å². The number of pyridine rings is 1. The Morgan fingerprint density at radius 2 is 1.62 bits per heavy atom. The maximum atomic E-state index is 14.1. The molecule has 0 atom stereocenters. The molecule has 0 radical (unpaired) electrons. The SMILES string of the molecule is Cc1onc(-c2ccncc2)c1C(=O)N1CCCCCCCCN(C(=O)CC(C)C)c2ccccc2C1. The number of anilines is 1. The Morgan fingerprint density at radius 3 is 2.35 bits per heavy atom. The van der Waals surface area contributed by atoms with Crippen LogP contribution in [0.15, 0.2) is 53.3 Å². The van der Waals surface area contributed by atoms with Crippen molar-refractivity contribution in [2.45, 2.75) is 72.3 Å². The first-order chi connectivity index (χ1) is 18.0. The van der Waals surface area contributed by atoms with Crippen molar-refractivity contribution < 1.29 is 14.1 Å². The highest BCUT2D eigenvalue weighted by atomic mass is 16.5. The van der Waals surface area contributed by atoms with E-state index >= 15 is 0 Å². The van der Waals surface area contributed by atoms with Gasteiger partial charge in [0.1, 0.15) is 17.0 Å². The van der Waals surface area contributed by atoms with Gasteiger partial charge in [-0.15, -0.1) is 0 Å². The molecule has 2 aromatic heterocycles. The summed E-state index contributed by atoms with van der Waals surface area (Å²) in [5, 5.41) is 4.22. The fourth-order valence-electron chi connectivity index (χ4n) is 4.97. The summed E-state index contributed by atoms with van der Waals surface area (Å²) >= 11 is 0. The molecule has 3 heterocycles. The van der Waals surface area contributed by atoms with Gasteiger partial charge in [0.25, 0.3) is 5.91 Å². The Kier molecular flexibility index (Phi) is 9.09. The van der Waals surface area contributed by atoms with Gasteiger partial charge in [-0.25, -0.2) is 0 Å². The Hall–Kier alpha value is -3.48. The predicted molar refractivity (Wildman–Crippen MR) is 145 cm³/mol. The summed E-state index contributed by atoms with van der Waals surface area (Å²) in [6, 6.07) is 11.7. The van der Waals surface area contributed by atoms with Crippen LogP contribution in [0.1, 0.15) is 80.5 Å². The molecular formula is C30H38N4O3.